The summed E-state index contributed by atoms with van der Waals surface area (Å²) >= 11 is 0. The third-order valence-corrected chi connectivity index (χ3v) is 5.91. The molecule has 6 heteroatoms. The third kappa shape index (κ3) is 4.42. The minimum atomic E-state index is 0.0234. The standard InChI is InChI=1S/C24H28N2O4/c1-29-21-10-6-19(7-11-21)24(28)26-16-4-5-20(26)17-30-22-12-8-18(9-13-22)23(27)25-14-2-3-15-25/h6-13,20H,2-5,14-17H2,1H3. The lowest BCUT2D eigenvalue weighted by atomic mass is 10.1. The molecule has 0 radical (unpaired) electrons. The van der Waals surface area contributed by atoms with Crippen molar-refractivity contribution in [3.8, 4) is 11.5 Å². The molecule has 0 aromatic heterocycles. The minimum absolute atomic E-state index is 0.0234. The van der Waals surface area contributed by atoms with Crippen molar-refractivity contribution in [1.82, 2.24) is 9.80 Å². The molecule has 2 aromatic rings. The van der Waals surface area contributed by atoms with Crippen LogP contribution in [-0.2, 0) is 0 Å². The molecule has 4 rings (SSSR count). The summed E-state index contributed by atoms with van der Waals surface area (Å²) in [4.78, 5) is 29.1. The number of amides is 2. The predicted molar refractivity (Wildman–Crippen MR) is 114 cm³/mol. The number of nitrogens with zero attached hydrogens (tertiary/aromatic N) is 2. The predicted octanol–water partition coefficient (Wildman–Crippen LogP) is 3.61. The maximum Gasteiger partial charge on any atom is 0.254 e. The van der Waals surface area contributed by atoms with Crippen LogP contribution >= 0.6 is 0 Å². The molecule has 2 heterocycles. The van der Waals surface area contributed by atoms with Crippen LogP contribution in [0.5, 0.6) is 11.5 Å². The Labute approximate surface area is 177 Å². The summed E-state index contributed by atoms with van der Waals surface area (Å²) in [6.45, 7) is 2.87. The van der Waals surface area contributed by atoms with Crippen LogP contribution in [-0.4, -0.2) is 61.0 Å². The Kier molecular flexibility index (Phi) is 6.21. The molecule has 0 N–H and O–H groups in total. The van der Waals surface area contributed by atoms with Gasteiger partial charge < -0.3 is 19.3 Å². The molecule has 2 aromatic carbocycles. The van der Waals surface area contributed by atoms with Gasteiger partial charge in [0.1, 0.15) is 18.1 Å². The fourth-order valence-corrected chi connectivity index (χ4v) is 4.16. The SMILES string of the molecule is COc1ccc(C(=O)N2CCCC2COc2ccc(C(=O)N3CCCC3)cc2)cc1. The number of likely N-dealkylation sites (tertiary alicyclic amines) is 2. The highest BCUT2D eigenvalue weighted by Gasteiger charge is 2.30. The highest BCUT2D eigenvalue weighted by molar-refractivity contribution is 5.95. The maximum atomic E-state index is 12.9. The van der Waals surface area contributed by atoms with Gasteiger partial charge in [0.2, 0.25) is 0 Å². The van der Waals surface area contributed by atoms with Gasteiger partial charge >= 0.3 is 0 Å². The smallest absolute Gasteiger partial charge is 0.254 e. The van der Waals surface area contributed by atoms with E-state index in [0.29, 0.717) is 17.7 Å². The molecular formula is C24H28N2O4. The molecule has 2 amide bonds. The van der Waals surface area contributed by atoms with Crippen LogP contribution in [0, 0.1) is 0 Å². The van der Waals surface area contributed by atoms with Crippen LogP contribution in [0.2, 0.25) is 0 Å². The average Bonchev–Trinajstić information content (AvgIpc) is 3.49. The Morgan fingerprint density at radius 3 is 2.07 bits per heavy atom. The monoisotopic (exact) mass is 408 g/mol. The van der Waals surface area contributed by atoms with Crippen molar-refractivity contribution in [2.24, 2.45) is 0 Å². The summed E-state index contributed by atoms with van der Waals surface area (Å²) < 4.78 is 11.1. The second kappa shape index (κ2) is 9.20. The summed E-state index contributed by atoms with van der Waals surface area (Å²) in [5, 5.41) is 0. The van der Waals surface area contributed by atoms with E-state index in [1.165, 1.54) is 0 Å². The highest BCUT2D eigenvalue weighted by Crippen LogP contribution is 2.23. The van der Waals surface area contributed by atoms with Gasteiger partial charge in [-0.3, -0.25) is 9.59 Å². The molecule has 2 aliphatic heterocycles. The van der Waals surface area contributed by atoms with Gasteiger partial charge in [-0.15, -0.1) is 0 Å². The van der Waals surface area contributed by atoms with E-state index in [9.17, 15) is 9.59 Å². The zero-order chi connectivity index (χ0) is 20.9. The Hall–Kier alpha value is -3.02. The van der Waals surface area contributed by atoms with E-state index in [1.54, 1.807) is 31.4 Å². The Balaban J connectivity index is 1.34. The Morgan fingerprint density at radius 2 is 1.43 bits per heavy atom. The zero-order valence-electron chi connectivity index (χ0n) is 17.4. The number of hydrogen-bond acceptors (Lipinski definition) is 4. The summed E-state index contributed by atoms with van der Waals surface area (Å²) in [6, 6.07) is 14.6. The lowest BCUT2D eigenvalue weighted by Gasteiger charge is -2.25. The number of rotatable bonds is 6. The Bertz CT molecular complexity index is 873. The second-order valence-electron chi connectivity index (χ2n) is 7.86. The number of benzene rings is 2. The minimum Gasteiger partial charge on any atom is -0.497 e. The van der Waals surface area contributed by atoms with Gasteiger partial charge in [-0.05, 0) is 74.2 Å². The van der Waals surface area contributed by atoms with Crippen molar-refractivity contribution in [3.63, 3.8) is 0 Å². The van der Waals surface area contributed by atoms with Crippen LogP contribution < -0.4 is 9.47 Å². The fourth-order valence-electron chi connectivity index (χ4n) is 4.16. The molecule has 0 bridgehead atoms. The topological polar surface area (TPSA) is 59.1 Å². The van der Waals surface area contributed by atoms with Crippen molar-refractivity contribution in [2.45, 2.75) is 31.7 Å². The highest BCUT2D eigenvalue weighted by atomic mass is 16.5. The number of methoxy groups -OCH3 is 1. The van der Waals surface area contributed by atoms with E-state index in [2.05, 4.69) is 0 Å². The quantitative estimate of drug-likeness (QED) is 0.733. The van der Waals surface area contributed by atoms with Crippen molar-refractivity contribution in [3.05, 3.63) is 59.7 Å². The van der Waals surface area contributed by atoms with E-state index in [4.69, 9.17) is 9.47 Å². The first-order valence-corrected chi connectivity index (χ1v) is 10.6. The molecule has 0 saturated carbocycles. The number of hydrogen-bond donors (Lipinski definition) is 0. The zero-order valence-corrected chi connectivity index (χ0v) is 17.4. The summed E-state index contributed by atoms with van der Waals surface area (Å²) in [7, 11) is 1.61. The van der Waals surface area contributed by atoms with Gasteiger partial charge in [-0.1, -0.05) is 0 Å². The lowest BCUT2D eigenvalue weighted by Crippen LogP contribution is -2.39. The molecule has 1 atom stereocenters. The molecule has 0 aliphatic carbocycles. The van der Waals surface area contributed by atoms with E-state index in [1.807, 2.05) is 34.1 Å². The first kappa shape index (κ1) is 20.3. The third-order valence-electron chi connectivity index (χ3n) is 5.91. The maximum absolute atomic E-state index is 12.9. The van der Waals surface area contributed by atoms with Crippen LogP contribution in [0.3, 0.4) is 0 Å². The van der Waals surface area contributed by atoms with Crippen LogP contribution in [0.4, 0.5) is 0 Å². The first-order valence-electron chi connectivity index (χ1n) is 10.6. The van der Waals surface area contributed by atoms with Crippen molar-refractivity contribution < 1.29 is 19.1 Å². The molecule has 1 unspecified atom stereocenters. The van der Waals surface area contributed by atoms with Gasteiger partial charge in [0.15, 0.2) is 0 Å². The second-order valence-corrected chi connectivity index (χ2v) is 7.86. The largest absolute Gasteiger partial charge is 0.497 e. The van der Waals surface area contributed by atoms with Gasteiger partial charge in [-0.25, -0.2) is 0 Å². The number of ether oxygens (including phenoxy) is 2. The molecule has 0 spiro atoms. The van der Waals surface area contributed by atoms with Crippen molar-refractivity contribution in [2.75, 3.05) is 33.4 Å². The Morgan fingerprint density at radius 1 is 0.833 bits per heavy atom. The normalized spacial score (nSPS) is 18.5. The van der Waals surface area contributed by atoms with E-state index < -0.39 is 0 Å². The van der Waals surface area contributed by atoms with E-state index >= 15 is 0 Å². The molecule has 6 nitrogen and oxygen atoms in total. The molecule has 158 valence electrons. The molecule has 2 aliphatic rings. The van der Waals surface area contributed by atoms with Crippen LogP contribution in [0.1, 0.15) is 46.4 Å². The van der Waals surface area contributed by atoms with Gasteiger partial charge in [0.25, 0.3) is 11.8 Å². The number of carbonyl (C=O) groups excluding carboxylic acids is 2. The van der Waals surface area contributed by atoms with E-state index in [0.717, 1.165) is 56.8 Å². The van der Waals surface area contributed by atoms with Gasteiger partial charge in [-0.2, -0.15) is 0 Å². The number of carbonyl (C=O) groups is 2. The summed E-state index contributed by atoms with van der Waals surface area (Å²) in [5.41, 5.74) is 1.36. The first-order chi connectivity index (χ1) is 14.7. The average molecular weight is 408 g/mol. The molecule has 2 fully saturated rings. The summed E-state index contributed by atoms with van der Waals surface area (Å²) in [6.07, 6.45) is 4.06. The molecule has 30 heavy (non-hydrogen) atoms. The van der Waals surface area contributed by atoms with Crippen molar-refractivity contribution >= 4 is 11.8 Å². The van der Waals surface area contributed by atoms with Crippen LogP contribution in [0.25, 0.3) is 0 Å². The van der Waals surface area contributed by atoms with Gasteiger partial charge in [0, 0.05) is 30.8 Å². The van der Waals surface area contributed by atoms with Gasteiger partial charge in [0.05, 0.1) is 13.2 Å². The molecule has 2 saturated heterocycles. The summed E-state index contributed by atoms with van der Waals surface area (Å²) in [5.74, 6) is 1.57. The fraction of sp³-hybridized carbons (Fsp3) is 0.417. The molecular weight excluding hydrogens is 380 g/mol. The lowest BCUT2D eigenvalue weighted by molar-refractivity contribution is 0.0690. The van der Waals surface area contributed by atoms with Crippen LogP contribution in [0.15, 0.2) is 48.5 Å². The van der Waals surface area contributed by atoms with Crippen molar-refractivity contribution in [1.29, 1.82) is 0 Å². The van der Waals surface area contributed by atoms with E-state index in [-0.39, 0.29) is 17.9 Å².